The van der Waals surface area contributed by atoms with Crippen molar-refractivity contribution in [3.63, 3.8) is 0 Å². The van der Waals surface area contributed by atoms with Gasteiger partial charge in [0.2, 0.25) is 0 Å². The van der Waals surface area contributed by atoms with Gasteiger partial charge in [0.1, 0.15) is 24.2 Å². The number of aromatic nitrogens is 3. The number of methoxy groups -OCH3 is 1. The van der Waals surface area contributed by atoms with Gasteiger partial charge < -0.3 is 14.8 Å². The van der Waals surface area contributed by atoms with E-state index in [0.717, 1.165) is 17.0 Å². The monoisotopic (exact) mass is 352 g/mol. The summed E-state index contributed by atoms with van der Waals surface area (Å²) in [5.41, 5.74) is 1.90. The topological polar surface area (TPSA) is 78.3 Å². The van der Waals surface area contributed by atoms with Gasteiger partial charge in [0.25, 0.3) is 5.91 Å². The quantitative estimate of drug-likeness (QED) is 0.707. The Kier molecular flexibility index (Phi) is 5.48. The predicted molar refractivity (Wildman–Crippen MR) is 96.4 cm³/mol. The Morgan fingerprint density at radius 1 is 1.12 bits per heavy atom. The Balaban J connectivity index is 1.51. The van der Waals surface area contributed by atoms with Gasteiger partial charge in [-0.25, -0.2) is 9.67 Å². The third-order valence-electron chi connectivity index (χ3n) is 3.88. The lowest BCUT2D eigenvalue weighted by Crippen LogP contribution is -2.31. The molecule has 26 heavy (non-hydrogen) atoms. The Bertz CT molecular complexity index is 830. The SMILES string of the molecule is COc1ccc(OCC(=O)N[C@H](C)c2ccc(-n3cncn3)cc2)cc1. The van der Waals surface area contributed by atoms with Crippen LogP contribution in [-0.2, 0) is 4.79 Å². The number of carbonyl (C=O) groups is 1. The maximum Gasteiger partial charge on any atom is 0.258 e. The number of benzene rings is 2. The van der Waals surface area contributed by atoms with E-state index in [1.54, 1.807) is 42.4 Å². The lowest BCUT2D eigenvalue weighted by Gasteiger charge is -2.15. The molecule has 1 atom stereocenters. The second-order valence-electron chi connectivity index (χ2n) is 5.68. The first-order chi connectivity index (χ1) is 12.7. The molecule has 3 rings (SSSR count). The van der Waals surface area contributed by atoms with E-state index in [1.165, 1.54) is 6.33 Å². The molecule has 1 aromatic heterocycles. The summed E-state index contributed by atoms with van der Waals surface area (Å²) in [6.07, 6.45) is 3.12. The van der Waals surface area contributed by atoms with Crippen LogP contribution in [0.5, 0.6) is 11.5 Å². The number of nitrogens with zero attached hydrogens (tertiary/aromatic N) is 3. The van der Waals surface area contributed by atoms with E-state index >= 15 is 0 Å². The fraction of sp³-hybridized carbons (Fsp3) is 0.211. The number of amides is 1. The molecule has 0 aliphatic rings. The minimum atomic E-state index is -0.186. The average Bonchev–Trinajstić information content (AvgIpc) is 3.21. The maximum absolute atomic E-state index is 12.1. The smallest absolute Gasteiger partial charge is 0.258 e. The molecule has 7 heteroatoms. The molecule has 1 N–H and O–H groups in total. The van der Waals surface area contributed by atoms with Gasteiger partial charge in [-0.05, 0) is 48.9 Å². The van der Waals surface area contributed by atoms with Gasteiger partial charge in [-0.15, -0.1) is 0 Å². The molecule has 0 aliphatic heterocycles. The minimum Gasteiger partial charge on any atom is -0.497 e. The van der Waals surface area contributed by atoms with E-state index in [1.807, 2.05) is 31.2 Å². The Hall–Kier alpha value is -3.35. The highest BCUT2D eigenvalue weighted by molar-refractivity contribution is 5.78. The van der Waals surface area contributed by atoms with E-state index < -0.39 is 0 Å². The van der Waals surface area contributed by atoms with Crippen LogP contribution in [0.4, 0.5) is 0 Å². The van der Waals surface area contributed by atoms with Crippen molar-refractivity contribution in [3.8, 4) is 17.2 Å². The van der Waals surface area contributed by atoms with Crippen LogP contribution < -0.4 is 14.8 Å². The first kappa shape index (κ1) is 17.5. The normalized spacial score (nSPS) is 11.6. The largest absolute Gasteiger partial charge is 0.497 e. The van der Waals surface area contributed by atoms with Gasteiger partial charge in [-0.3, -0.25) is 4.79 Å². The summed E-state index contributed by atoms with van der Waals surface area (Å²) in [6, 6.07) is 14.7. The third-order valence-corrected chi connectivity index (χ3v) is 3.88. The van der Waals surface area contributed by atoms with Gasteiger partial charge in [0.05, 0.1) is 18.8 Å². The molecule has 0 fully saturated rings. The molecule has 7 nitrogen and oxygen atoms in total. The highest BCUT2D eigenvalue weighted by atomic mass is 16.5. The second-order valence-corrected chi connectivity index (χ2v) is 5.68. The van der Waals surface area contributed by atoms with Gasteiger partial charge in [-0.1, -0.05) is 12.1 Å². The molecule has 3 aromatic rings. The summed E-state index contributed by atoms with van der Waals surface area (Å²) in [7, 11) is 1.60. The zero-order valence-corrected chi connectivity index (χ0v) is 14.6. The number of hydrogen-bond acceptors (Lipinski definition) is 5. The van der Waals surface area contributed by atoms with Crippen LogP contribution in [0.3, 0.4) is 0 Å². The zero-order valence-electron chi connectivity index (χ0n) is 14.6. The highest BCUT2D eigenvalue weighted by Gasteiger charge is 2.10. The number of carbonyl (C=O) groups excluding carboxylic acids is 1. The van der Waals surface area contributed by atoms with E-state index in [0.29, 0.717) is 5.75 Å². The number of ether oxygens (including phenoxy) is 2. The van der Waals surface area contributed by atoms with Crippen LogP contribution >= 0.6 is 0 Å². The number of nitrogens with one attached hydrogen (secondary N) is 1. The Labute approximate surface area is 151 Å². The molecule has 1 amide bonds. The van der Waals surface area contributed by atoms with Crippen LogP contribution in [0, 0.1) is 0 Å². The van der Waals surface area contributed by atoms with Crippen molar-refractivity contribution >= 4 is 5.91 Å². The summed E-state index contributed by atoms with van der Waals surface area (Å²) in [4.78, 5) is 16.0. The Morgan fingerprint density at radius 3 is 2.42 bits per heavy atom. The highest BCUT2D eigenvalue weighted by Crippen LogP contribution is 2.17. The van der Waals surface area contributed by atoms with E-state index in [9.17, 15) is 4.79 Å². The molecular formula is C19H20N4O3. The molecule has 134 valence electrons. The maximum atomic E-state index is 12.1. The van der Waals surface area contributed by atoms with E-state index in [-0.39, 0.29) is 18.6 Å². The molecule has 0 saturated carbocycles. The van der Waals surface area contributed by atoms with Gasteiger partial charge >= 0.3 is 0 Å². The van der Waals surface area contributed by atoms with Crippen molar-refractivity contribution in [1.29, 1.82) is 0 Å². The standard InChI is InChI=1S/C19H20N4O3/c1-14(15-3-5-16(6-4-15)23-13-20-12-21-23)22-19(24)11-26-18-9-7-17(25-2)8-10-18/h3-10,12-14H,11H2,1-2H3,(H,22,24)/t14-/m1/s1. The minimum absolute atomic E-state index is 0.0479. The summed E-state index contributed by atoms with van der Waals surface area (Å²) < 4.78 is 12.2. The molecule has 0 bridgehead atoms. The van der Waals surface area contributed by atoms with Crippen molar-refractivity contribution in [1.82, 2.24) is 20.1 Å². The molecular weight excluding hydrogens is 332 g/mol. The average molecular weight is 352 g/mol. The van der Waals surface area contributed by atoms with Crippen molar-refractivity contribution in [2.75, 3.05) is 13.7 Å². The van der Waals surface area contributed by atoms with E-state index in [2.05, 4.69) is 15.4 Å². The van der Waals surface area contributed by atoms with Crippen molar-refractivity contribution in [2.24, 2.45) is 0 Å². The van der Waals surface area contributed by atoms with E-state index in [4.69, 9.17) is 9.47 Å². The van der Waals surface area contributed by atoms with Gasteiger partial charge in [-0.2, -0.15) is 5.10 Å². The summed E-state index contributed by atoms with van der Waals surface area (Å²) in [6.45, 7) is 1.88. The van der Waals surface area contributed by atoms with Crippen molar-refractivity contribution in [3.05, 3.63) is 66.7 Å². The molecule has 0 radical (unpaired) electrons. The fourth-order valence-electron chi connectivity index (χ4n) is 2.44. The summed E-state index contributed by atoms with van der Waals surface area (Å²) in [5.74, 6) is 1.17. The molecule has 1 heterocycles. The Morgan fingerprint density at radius 2 is 1.81 bits per heavy atom. The molecule has 0 spiro atoms. The third kappa shape index (κ3) is 4.38. The number of hydrogen-bond donors (Lipinski definition) is 1. The molecule has 0 aliphatic carbocycles. The molecule has 0 unspecified atom stereocenters. The first-order valence-corrected chi connectivity index (χ1v) is 8.17. The van der Waals surface area contributed by atoms with Crippen molar-refractivity contribution < 1.29 is 14.3 Å². The predicted octanol–water partition coefficient (Wildman–Crippen LogP) is 2.53. The van der Waals surface area contributed by atoms with Gasteiger partial charge in [0, 0.05) is 0 Å². The van der Waals surface area contributed by atoms with Gasteiger partial charge in [0.15, 0.2) is 6.61 Å². The zero-order chi connectivity index (χ0) is 18.4. The summed E-state index contributed by atoms with van der Waals surface area (Å²) in [5, 5.41) is 7.00. The second kappa shape index (κ2) is 8.15. The van der Waals surface area contributed by atoms with Crippen LogP contribution in [0.2, 0.25) is 0 Å². The lowest BCUT2D eigenvalue weighted by atomic mass is 10.1. The van der Waals surface area contributed by atoms with Crippen LogP contribution in [-0.4, -0.2) is 34.4 Å². The molecule has 0 saturated heterocycles. The van der Waals surface area contributed by atoms with Crippen molar-refractivity contribution in [2.45, 2.75) is 13.0 Å². The molecule has 2 aromatic carbocycles. The first-order valence-electron chi connectivity index (χ1n) is 8.17. The fourth-order valence-corrected chi connectivity index (χ4v) is 2.44. The van der Waals surface area contributed by atoms with Crippen LogP contribution in [0.25, 0.3) is 5.69 Å². The lowest BCUT2D eigenvalue weighted by molar-refractivity contribution is -0.123. The number of rotatable bonds is 7. The van der Waals surface area contributed by atoms with Crippen LogP contribution in [0.15, 0.2) is 61.2 Å². The summed E-state index contributed by atoms with van der Waals surface area (Å²) >= 11 is 0. The van der Waals surface area contributed by atoms with Crippen LogP contribution in [0.1, 0.15) is 18.5 Å².